The molecule has 1 aromatic heterocycles. The predicted molar refractivity (Wildman–Crippen MR) is 83.6 cm³/mol. The number of benzene rings is 1. The van der Waals surface area contributed by atoms with Crippen molar-refractivity contribution in [1.82, 2.24) is 9.55 Å². The Morgan fingerprint density at radius 2 is 2.05 bits per heavy atom. The second-order valence-electron chi connectivity index (χ2n) is 4.74. The highest BCUT2D eigenvalue weighted by atomic mass is 16.5. The number of nitrogens with two attached hydrogens (primary N) is 1. The fraction of sp³-hybridized carbons (Fsp3) is 0.438. The van der Waals surface area contributed by atoms with Crippen molar-refractivity contribution in [2.45, 2.75) is 33.4 Å². The monoisotopic (exact) mass is 289 g/mol. The van der Waals surface area contributed by atoms with Gasteiger partial charge in [-0.2, -0.15) is 0 Å². The van der Waals surface area contributed by atoms with Crippen LogP contribution in [0, 0.1) is 0 Å². The summed E-state index contributed by atoms with van der Waals surface area (Å²) in [5.74, 6) is 2.39. The summed E-state index contributed by atoms with van der Waals surface area (Å²) in [6, 6.07) is 5.89. The molecule has 0 aliphatic rings. The van der Waals surface area contributed by atoms with Gasteiger partial charge < -0.3 is 19.8 Å². The maximum absolute atomic E-state index is 5.75. The van der Waals surface area contributed by atoms with E-state index in [9.17, 15) is 0 Å². The summed E-state index contributed by atoms with van der Waals surface area (Å²) in [5.41, 5.74) is 7.77. The molecule has 1 heterocycles. The highest BCUT2D eigenvalue weighted by Crippen LogP contribution is 2.32. The number of nitrogens with zero attached hydrogens (tertiary/aromatic N) is 2. The van der Waals surface area contributed by atoms with Crippen molar-refractivity contribution < 1.29 is 9.47 Å². The van der Waals surface area contributed by atoms with E-state index in [1.54, 1.807) is 7.11 Å². The molecule has 2 aromatic rings. The first-order valence-corrected chi connectivity index (χ1v) is 7.30. The molecule has 2 rings (SSSR count). The summed E-state index contributed by atoms with van der Waals surface area (Å²) in [7, 11) is 1.65. The molecule has 0 saturated heterocycles. The molecule has 21 heavy (non-hydrogen) atoms. The molecular formula is C16H23N3O2. The Bertz CT molecular complexity index is 593. The quantitative estimate of drug-likeness (QED) is 0.851. The van der Waals surface area contributed by atoms with Gasteiger partial charge >= 0.3 is 0 Å². The summed E-state index contributed by atoms with van der Waals surface area (Å²) < 4.78 is 13.2. The van der Waals surface area contributed by atoms with Gasteiger partial charge in [0.15, 0.2) is 11.5 Å². The SMILES string of the molecule is CCCOc1ccc(-c2ncc(CN)n2CC)cc1OC. The van der Waals surface area contributed by atoms with Gasteiger partial charge in [-0.05, 0) is 31.5 Å². The van der Waals surface area contributed by atoms with Crippen LogP contribution in [0.25, 0.3) is 11.4 Å². The van der Waals surface area contributed by atoms with Crippen LogP contribution in [0.2, 0.25) is 0 Å². The normalized spacial score (nSPS) is 10.7. The maximum Gasteiger partial charge on any atom is 0.161 e. The molecule has 0 aliphatic heterocycles. The van der Waals surface area contributed by atoms with Gasteiger partial charge in [-0.25, -0.2) is 4.98 Å². The van der Waals surface area contributed by atoms with Crippen LogP contribution in [-0.4, -0.2) is 23.3 Å². The van der Waals surface area contributed by atoms with Crippen molar-refractivity contribution in [2.75, 3.05) is 13.7 Å². The first-order chi connectivity index (χ1) is 10.2. The molecule has 0 aliphatic carbocycles. The molecule has 0 bridgehead atoms. The average molecular weight is 289 g/mol. The first kappa shape index (κ1) is 15.4. The lowest BCUT2D eigenvalue weighted by molar-refractivity contribution is 0.294. The smallest absolute Gasteiger partial charge is 0.161 e. The van der Waals surface area contributed by atoms with Crippen molar-refractivity contribution in [2.24, 2.45) is 5.73 Å². The van der Waals surface area contributed by atoms with Crippen LogP contribution in [0.15, 0.2) is 24.4 Å². The highest BCUT2D eigenvalue weighted by Gasteiger charge is 2.13. The van der Waals surface area contributed by atoms with Gasteiger partial charge in [0, 0.05) is 18.7 Å². The molecule has 0 amide bonds. The largest absolute Gasteiger partial charge is 0.493 e. The predicted octanol–water partition coefficient (Wildman–Crippen LogP) is 2.83. The number of imidazole rings is 1. The second-order valence-corrected chi connectivity index (χ2v) is 4.74. The standard InChI is InChI=1S/C16H23N3O2/c1-4-8-21-14-7-6-12(9-15(14)20-3)16-18-11-13(10-17)19(16)5-2/h6-7,9,11H,4-5,8,10,17H2,1-3H3. The van der Waals surface area contributed by atoms with E-state index in [1.165, 1.54) is 0 Å². The molecule has 5 heteroatoms. The van der Waals surface area contributed by atoms with Crippen LogP contribution in [-0.2, 0) is 13.1 Å². The van der Waals surface area contributed by atoms with Crippen molar-refractivity contribution >= 4 is 0 Å². The molecule has 2 N–H and O–H groups in total. The minimum atomic E-state index is 0.482. The summed E-state index contributed by atoms with van der Waals surface area (Å²) in [6.45, 7) is 6.15. The van der Waals surface area contributed by atoms with Gasteiger partial charge in [-0.15, -0.1) is 0 Å². The molecule has 0 spiro atoms. The lowest BCUT2D eigenvalue weighted by Crippen LogP contribution is -2.07. The van der Waals surface area contributed by atoms with E-state index in [4.69, 9.17) is 15.2 Å². The Labute approximate surface area is 125 Å². The third-order valence-electron chi connectivity index (χ3n) is 3.35. The van der Waals surface area contributed by atoms with E-state index < -0.39 is 0 Å². The number of hydrogen-bond donors (Lipinski definition) is 1. The molecule has 1 aromatic carbocycles. The fourth-order valence-electron chi connectivity index (χ4n) is 2.30. The number of methoxy groups -OCH3 is 1. The third-order valence-corrected chi connectivity index (χ3v) is 3.35. The van der Waals surface area contributed by atoms with E-state index in [0.717, 1.165) is 41.5 Å². The molecular weight excluding hydrogens is 266 g/mol. The van der Waals surface area contributed by atoms with Crippen LogP contribution >= 0.6 is 0 Å². The summed E-state index contributed by atoms with van der Waals surface area (Å²) in [6.07, 6.45) is 2.79. The molecule has 5 nitrogen and oxygen atoms in total. The number of ether oxygens (including phenoxy) is 2. The van der Waals surface area contributed by atoms with Gasteiger partial charge in [-0.3, -0.25) is 0 Å². The van der Waals surface area contributed by atoms with Crippen LogP contribution in [0.4, 0.5) is 0 Å². The van der Waals surface area contributed by atoms with Gasteiger partial charge in [0.2, 0.25) is 0 Å². The molecule has 114 valence electrons. The summed E-state index contributed by atoms with van der Waals surface area (Å²) in [4.78, 5) is 4.48. The second kappa shape index (κ2) is 7.13. The number of aromatic nitrogens is 2. The lowest BCUT2D eigenvalue weighted by atomic mass is 10.2. The third kappa shape index (κ3) is 3.19. The topological polar surface area (TPSA) is 62.3 Å². The molecule has 0 unspecified atom stereocenters. The molecule has 0 fully saturated rings. The van der Waals surface area contributed by atoms with E-state index in [1.807, 2.05) is 24.4 Å². The van der Waals surface area contributed by atoms with Gasteiger partial charge in [0.25, 0.3) is 0 Å². The van der Waals surface area contributed by atoms with Gasteiger partial charge in [0.1, 0.15) is 5.82 Å². The van der Waals surface area contributed by atoms with Crippen LogP contribution < -0.4 is 15.2 Å². The van der Waals surface area contributed by atoms with Crippen molar-refractivity contribution in [3.63, 3.8) is 0 Å². The zero-order chi connectivity index (χ0) is 15.2. The van der Waals surface area contributed by atoms with Crippen LogP contribution in [0.5, 0.6) is 11.5 Å². The Hall–Kier alpha value is -2.01. The maximum atomic E-state index is 5.75. The van der Waals surface area contributed by atoms with Gasteiger partial charge in [-0.1, -0.05) is 6.92 Å². The molecule has 0 atom stereocenters. The molecule has 0 saturated carbocycles. The summed E-state index contributed by atoms with van der Waals surface area (Å²) >= 11 is 0. The number of hydrogen-bond acceptors (Lipinski definition) is 4. The van der Waals surface area contributed by atoms with Crippen LogP contribution in [0.3, 0.4) is 0 Å². The van der Waals surface area contributed by atoms with Gasteiger partial charge in [0.05, 0.1) is 25.6 Å². The summed E-state index contributed by atoms with van der Waals surface area (Å²) in [5, 5.41) is 0. The first-order valence-electron chi connectivity index (χ1n) is 7.30. The van der Waals surface area contributed by atoms with Crippen molar-refractivity contribution in [3.8, 4) is 22.9 Å². The highest BCUT2D eigenvalue weighted by molar-refractivity contribution is 5.62. The van der Waals surface area contributed by atoms with E-state index >= 15 is 0 Å². The Morgan fingerprint density at radius 1 is 1.24 bits per heavy atom. The van der Waals surface area contributed by atoms with E-state index in [-0.39, 0.29) is 0 Å². The van der Waals surface area contributed by atoms with Crippen LogP contribution in [0.1, 0.15) is 26.0 Å². The molecule has 0 radical (unpaired) electrons. The van der Waals surface area contributed by atoms with E-state index in [2.05, 4.69) is 23.4 Å². The zero-order valence-corrected chi connectivity index (χ0v) is 12.9. The average Bonchev–Trinajstić information content (AvgIpc) is 2.95. The number of rotatable bonds is 7. The minimum absolute atomic E-state index is 0.482. The Kier molecular flexibility index (Phi) is 5.22. The Morgan fingerprint density at radius 3 is 2.67 bits per heavy atom. The van der Waals surface area contributed by atoms with Crippen molar-refractivity contribution in [1.29, 1.82) is 0 Å². The minimum Gasteiger partial charge on any atom is -0.493 e. The zero-order valence-electron chi connectivity index (χ0n) is 12.9. The Balaban J connectivity index is 2.38. The lowest BCUT2D eigenvalue weighted by Gasteiger charge is -2.13. The fourth-order valence-corrected chi connectivity index (χ4v) is 2.30. The van der Waals surface area contributed by atoms with E-state index in [0.29, 0.717) is 13.2 Å². The van der Waals surface area contributed by atoms with Crippen molar-refractivity contribution in [3.05, 3.63) is 30.1 Å².